The lowest BCUT2D eigenvalue weighted by atomic mass is 10.2. The molecular weight excluding hydrogens is 218 g/mol. The summed E-state index contributed by atoms with van der Waals surface area (Å²) in [4.78, 5) is 10.8. The first-order valence-electron chi connectivity index (χ1n) is 5.85. The summed E-state index contributed by atoms with van der Waals surface area (Å²) in [7, 11) is 0. The van der Waals surface area contributed by atoms with Crippen LogP contribution >= 0.6 is 0 Å². The van der Waals surface area contributed by atoms with Crippen molar-refractivity contribution in [3.63, 3.8) is 0 Å². The second-order valence-corrected chi connectivity index (χ2v) is 3.76. The van der Waals surface area contributed by atoms with Gasteiger partial charge in [-0.25, -0.2) is 0 Å². The number of carboxylic acids is 1. The van der Waals surface area contributed by atoms with Crippen LogP contribution in [0.5, 0.6) is 5.75 Å². The van der Waals surface area contributed by atoms with Gasteiger partial charge in [0.15, 0.2) is 0 Å². The summed E-state index contributed by atoms with van der Waals surface area (Å²) in [6, 6.07) is 7.17. The smallest absolute Gasteiger partial charge is 0.320 e. The number of hydrogen-bond acceptors (Lipinski definition) is 3. The number of hydrogen-bond donors (Lipinski definition) is 2. The highest BCUT2D eigenvalue weighted by Crippen LogP contribution is 2.12. The van der Waals surface area contributed by atoms with Crippen LogP contribution in [0.15, 0.2) is 24.3 Å². The SMILES string of the molecule is CCOc1ccc(CNC(CC)C(=O)O)cc1. The summed E-state index contributed by atoms with van der Waals surface area (Å²) in [6.45, 7) is 4.99. The molecule has 1 unspecified atom stereocenters. The van der Waals surface area contributed by atoms with E-state index in [9.17, 15) is 4.79 Å². The fourth-order valence-electron chi connectivity index (χ4n) is 1.52. The highest BCUT2D eigenvalue weighted by Gasteiger charge is 2.13. The molecule has 0 aromatic heterocycles. The molecule has 1 aromatic carbocycles. The Morgan fingerprint density at radius 2 is 2.00 bits per heavy atom. The second-order valence-electron chi connectivity index (χ2n) is 3.76. The minimum atomic E-state index is -0.807. The normalized spacial score (nSPS) is 12.1. The number of benzene rings is 1. The van der Waals surface area contributed by atoms with Gasteiger partial charge in [-0.05, 0) is 31.0 Å². The molecule has 0 spiro atoms. The van der Waals surface area contributed by atoms with Crippen molar-refractivity contribution in [3.8, 4) is 5.75 Å². The van der Waals surface area contributed by atoms with Crippen molar-refractivity contribution in [3.05, 3.63) is 29.8 Å². The molecule has 0 radical (unpaired) electrons. The van der Waals surface area contributed by atoms with E-state index in [0.29, 0.717) is 19.6 Å². The van der Waals surface area contributed by atoms with Crippen molar-refractivity contribution in [1.82, 2.24) is 5.32 Å². The van der Waals surface area contributed by atoms with Crippen LogP contribution < -0.4 is 10.1 Å². The third kappa shape index (κ3) is 4.44. The number of ether oxygens (including phenoxy) is 1. The molecule has 0 aliphatic rings. The maximum atomic E-state index is 10.8. The zero-order valence-corrected chi connectivity index (χ0v) is 10.3. The van der Waals surface area contributed by atoms with Gasteiger partial charge in [-0.15, -0.1) is 0 Å². The van der Waals surface area contributed by atoms with Crippen LogP contribution in [-0.2, 0) is 11.3 Å². The van der Waals surface area contributed by atoms with E-state index in [-0.39, 0.29) is 0 Å². The monoisotopic (exact) mass is 237 g/mol. The molecule has 1 rings (SSSR count). The minimum absolute atomic E-state index is 0.485. The molecule has 0 heterocycles. The van der Waals surface area contributed by atoms with Crippen LogP contribution in [0.2, 0.25) is 0 Å². The number of nitrogens with one attached hydrogen (secondary N) is 1. The Hall–Kier alpha value is -1.55. The van der Waals surface area contributed by atoms with Gasteiger partial charge in [-0.3, -0.25) is 4.79 Å². The lowest BCUT2D eigenvalue weighted by Crippen LogP contribution is -2.35. The molecule has 1 aromatic rings. The Morgan fingerprint density at radius 1 is 1.35 bits per heavy atom. The minimum Gasteiger partial charge on any atom is -0.494 e. The summed E-state index contributed by atoms with van der Waals surface area (Å²) in [5.74, 6) is 0.0277. The van der Waals surface area contributed by atoms with Crippen molar-refractivity contribution in [2.75, 3.05) is 6.61 Å². The molecule has 0 aliphatic heterocycles. The molecule has 0 amide bonds. The molecule has 1 atom stereocenters. The molecule has 0 saturated carbocycles. The van der Waals surface area contributed by atoms with Gasteiger partial charge in [0, 0.05) is 6.54 Å². The Balaban J connectivity index is 2.49. The summed E-state index contributed by atoms with van der Waals surface area (Å²) < 4.78 is 5.33. The van der Waals surface area contributed by atoms with Crippen LogP contribution in [0.4, 0.5) is 0 Å². The van der Waals surface area contributed by atoms with Crippen molar-refractivity contribution in [2.24, 2.45) is 0 Å². The van der Waals surface area contributed by atoms with E-state index in [1.807, 2.05) is 38.1 Å². The van der Waals surface area contributed by atoms with Crippen LogP contribution in [-0.4, -0.2) is 23.7 Å². The van der Waals surface area contributed by atoms with Gasteiger partial charge >= 0.3 is 5.97 Å². The lowest BCUT2D eigenvalue weighted by Gasteiger charge is -2.12. The molecule has 0 bridgehead atoms. The highest BCUT2D eigenvalue weighted by atomic mass is 16.5. The maximum Gasteiger partial charge on any atom is 0.320 e. The van der Waals surface area contributed by atoms with E-state index in [2.05, 4.69) is 5.32 Å². The van der Waals surface area contributed by atoms with E-state index in [4.69, 9.17) is 9.84 Å². The van der Waals surface area contributed by atoms with Crippen LogP contribution in [0.1, 0.15) is 25.8 Å². The topological polar surface area (TPSA) is 58.6 Å². The quantitative estimate of drug-likeness (QED) is 0.762. The third-order valence-electron chi connectivity index (χ3n) is 2.49. The fourth-order valence-corrected chi connectivity index (χ4v) is 1.52. The Kier molecular flexibility index (Phi) is 5.49. The lowest BCUT2D eigenvalue weighted by molar-refractivity contribution is -0.139. The zero-order valence-electron chi connectivity index (χ0n) is 10.3. The van der Waals surface area contributed by atoms with Crippen molar-refractivity contribution in [1.29, 1.82) is 0 Å². The van der Waals surface area contributed by atoms with Gasteiger partial charge in [0.05, 0.1) is 6.61 Å². The molecule has 17 heavy (non-hydrogen) atoms. The Bertz CT molecular complexity index is 348. The summed E-state index contributed by atoms with van der Waals surface area (Å²) in [5.41, 5.74) is 1.05. The largest absolute Gasteiger partial charge is 0.494 e. The number of carboxylic acid groups (broad SMARTS) is 1. The molecule has 2 N–H and O–H groups in total. The first kappa shape index (κ1) is 13.5. The fraction of sp³-hybridized carbons (Fsp3) is 0.462. The first-order chi connectivity index (χ1) is 8.17. The van der Waals surface area contributed by atoms with E-state index in [1.54, 1.807) is 0 Å². The summed E-state index contributed by atoms with van der Waals surface area (Å²) >= 11 is 0. The number of aliphatic carboxylic acids is 1. The zero-order chi connectivity index (χ0) is 12.7. The molecule has 4 heteroatoms. The van der Waals surface area contributed by atoms with Crippen molar-refractivity contribution in [2.45, 2.75) is 32.9 Å². The van der Waals surface area contributed by atoms with Gasteiger partial charge in [-0.1, -0.05) is 19.1 Å². The maximum absolute atomic E-state index is 10.8. The standard InChI is InChI=1S/C13H19NO3/c1-3-12(13(15)16)14-9-10-5-7-11(8-6-10)17-4-2/h5-8,12,14H,3-4,9H2,1-2H3,(H,15,16). The first-order valence-corrected chi connectivity index (χ1v) is 5.85. The predicted molar refractivity (Wildman–Crippen MR) is 66.2 cm³/mol. The Labute approximate surface area is 102 Å². The third-order valence-corrected chi connectivity index (χ3v) is 2.49. The van der Waals surface area contributed by atoms with Gasteiger partial charge in [0.2, 0.25) is 0 Å². The van der Waals surface area contributed by atoms with Gasteiger partial charge in [0.25, 0.3) is 0 Å². The average molecular weight is 237 g/mol. The van der Waals surface area contributed by atoms with Gasteiger partial charge in [-0.2, -0.15) is 0 Å². The molecule has 94 valence electrons. The Morgan fingerprint density at radius 3 is 2.47 bits per heavy atom. The molecule has 4 nitrogen and oxygen atoms in total. The molecule has 0 saturated heterocycles. The van der Waals surface area contributed by atoms with Crippen LogP contribution in [0.25, 0.3) is 0 Å². The molecule has 0 fully saturated rings. The van der Waals surface area contributed by atoms with Crippen molar-refractivity contribution >= 4 is 5.97 Å². The molecule has 0 aliphatic carbocycles. The van der Waals surface area contributed by atoms with Crippen molar-refractivity contribution < 1.29 is 14.6 Å². The predicted octanol–water partition coefficient (Wildman–Crippen LogP) is 2.04. The highest BCUT2D eigenvalue weighted by molar-refractivity contribution is 5.73. The number of rotatable bonds is 7. The van der Waals surface area contributed by atoms with E-state index < -0.39 is 12.0 Å². The van der Waals surface area contributed by atoms with E-state index in [0.717, 1.165) is 11.3 Å². The number of carbonyl (C=O) groups is 1. The van der Waals surface area contributed by atoms with E-state index >= 15 is 0 Å². The summed E-state index contributed by atoms with van der Waals surface area (Å²) in [5, 5.41) is 11.9. The molecular formula is C13H19NO3. The van der Waals surface area contributed by atoms with Gasteiger partial charge in [0.1, 0.15) is 11.8 Å². The second kappa shape index (κ2) is 6.91. The van der Waals surface area contributed by atoms with Gasteiger partial charge < -0.3 is 15.2 Å². The van der Waals surface area contributed by atoms with Crippen LogP contribution in [0, 0.1) is 0 Å². The summed E-state index contributed by atoms with van der Waals surface area (Å²) in [6.07, 6.45) is 0.576. The van der Waals surface area contributed by atoms with E-state index in [1.165, 1.54) is 0 Å². The average Bonchev–Trinajstić information content (AvgIpc) is 2.32. The van der Waals surface area contributed by atoms with Crippen LogP contribution in [0.3, 0.4) is 0 Å².